The molecule has 0 fully saturated rings. The third-order valence-electron chi connectivity index (χ3n) is 9.10. The molecule has 8 aromatic rings. The van der Waals surface area contributed by atoms with E-state index in [0.29, 0.717) is 21.9 Å². The number of carbonyl (C=O) groups is 4. The van der Waals surface area contributed by atoms with Gasteiger partial charge in [0.2, 0.25) is 0 Å². The largest absolute Gasteiger partial charge is 0.422 e. The highest BCUT2D eigenvalue weighted by Gasteiger charge is 2.42. The minimum atomic E-state index is -0.700. The van der Waals surface area contributed by atoms with Crippen molar-refractivity contribution in [2.75, 3.05) is 9.80 Å². The summed E-state index contributed by atoms with van der Waals surface area (Å²) in [6, 6.07) is 23.1. The minimum Gasteiger partial charge on any atom is -0.422 e. The number of benzene rings is 4. The lowest BCUT2D eigenvalue weighted by Crippen LogP contribution is -2.43. The zero-order valence-electron chi connectivity index (χ0n) is 26.1. The Hall–Kier alpha value is -6.90. The standard InChI is InChI=1S/C38H16N4O8S2/c43-31-19-9-11-21-30-22(34(46)42(33(21)45)38-40-26(16-52-38)24-14-18-6-2-4-8-28(18)50-36(24)48)12-10-20(29(19)30)32(44)41(31)37-39-25(15-51-37)23-13-17-5-1-3-7-27(17)49-35(23)47/h1-16H. The average molecular weight is 721 g/mol. The van der Waals surface area contributed by atoms with Crippen LogP contribution in [0.2, 0.25) is 0 Å². The van der Waals surface area contributed by atoms with Gasteiger partial charge in [-0.2, -0.15) is 0 Å². The fourth-order valence-electron chi connectivity index (χ4n) is 6.68. The Morgan fingerprint density at radius 1 is 0.462 bits per heavy atom. The van der Waals surface area contributed by atoms with Crippen LogP contribution in [-0.4, -0.2) is 33.6 Å². The SMILES string of the molecule is O=C1c2ccc3c4c(ccc(c24)C(=O)N1c1nc(-c2cc4ccccc4oc2=O)cs1)C(=O)N(c1nc(-c2cc4ccccc4oc2=O)cs1)C3=O. The van der Waals surface area contributed by atoms with Crippen molar-refractivity contribution < 1.29 is 28.0 Å². The fourth-order valence-corrected chi connectivity index (χ4v) is 8.32. The molecule has 12 nitrogen and oxygen atoms in total. The van der Waals surface area contributed by atoms with Crippen molar-refractivity contribution in [1.82, 2.24) is 9.97 Å². The maximum Gasteiger partial charge on any atom is 0.345 e. The number of rotatable bonds is 4. The second kappa shape index (κ2) is 10.8. The van der Waals surface area contributed by atoms with Gasteiger partial charge in [0, 0.05) is 54.6 Å². The van der Waals surface area contributed by atoms with E-state index in [1.165, 1.54) is 24.3 Å². The van der Waals surface area contributed by atoms with Crippen LogP contribution in [-0.2, 0) is 0 Å². The molecule has 6 heterocycles. The normalized spacial score (nSPS) is 14.0. The number of aromatic nitrogens is 2. The molecule has 4 aromatic carbocycles. The molecule has 4 amide bonds. The van der Waals surface area contributed by atoms with E-state index in [0.717, 1.165) is 32.5 Å². The third kappa shape index (κ3) is 4.19. The van der Waals surface area contributed by atoms with Crippen molar-refractivity contribution in [2.24, 2.45) is 0 Å². The van der Waals surface area contributed by atoms with E-state index in [1.807, 2.05) is 0 Å². The fraction of sp³-hybridized carbons (Fsp3) is 0. The van der Waals surface area contributed by atoms with Crippen LogP contribution in [0.25, 0.3) is 55.2 Å². The molecular formula is C38H16N4O8S2. The highest BCUT2D eigenvalue weighted by atomic mass is 32.1. The molecule has 0 N–H and O–H groups in total. The second-order valence-corrected chi connectivity index (χ2v) is 13.6. The highest BCUT2D eigenvalue weighted by molar-refractivity contribution is 7.15. The van der Waals surface area contributed by atoms with E-state index in [-0.39, 0.29) is 65.8 Å². The van der Waals surface area contributed by atoms with E-state index in [1.54, 1.807) is 71.4 Å². The predicted molar refractivity (Wildman–Crippen MR) is 193 cm³/mol. The molecular weight excluding hydrogens is 705 g/mol. The van der Waals surface area contributed by atoms with Crippen molar-refractivity contribution in [3.05, 3.63) is 139 Å². The van der Waals surface area contributed by atoms with Crippen molar-refractivity contribution >= 4 is 89.3 Å². The number of thiazole rings is 2. The summed E-state index contributed by atoms with van der Waals surface area (Å²) in [6.07, 6.45) is 0. The van der Waals surface area contributed by atoms with Crippen LogP contribution in [0.3, 0.4) is 0 Å². The van der Waals surface area contributed by atoms with Crippen LogP contribution in [0.15, 0.2) is 114 Å². The van der Waals surface area contributed by atoms with Crippen LogP contribution in [0, 0.1) is 0 Å². The summed E-state index contributed by atoms with van der Waals surface area (Å²) in [7, 11) is 0. The van der Waals surface area contributed by atoms with Gasteiger partial charge in [0.05, 0.1) is 22.5 Å². The molecule has 248 valence electrons. The van der Waals surface area contributed by atoms with Crippen molar-refractivity contribution in [1.29, 1.82) is 0 Å². The maximum atomic E-state index is 14.0. The molecule has 0 radical (unpaired) electrons. The topological polar surface area (TPSA) is 161 Å². The van der Waals surface area contributed by atoms with Crippen molar-refractivity contribution in [2.45, 2.75) is 0 Å². The number of imide groups is 2. The Labute approximate surface area is 297 Å². The molecule has 4 aromatic heterocycles. The van der Waals surface area contributed by atoms with Gasteiger partial charge in [-0.25, -0.2) is 29.4 Å². The maximum absolute atomic E-state index is 14.0. The van der Waals surface area contributed by atoms with Crippen LogP contribution < -0.4 is 21.1 Å². The minimum absolute atomic E-state index is 0.0370. The second-order valence-electron chi connectivity index (χ2n) is 12.0. The summed E-state index contributed by atoms with van der Waals surface area (Å²) in [4.78, 5) is 92.4. The first-order chi connectivity index (χ1) is 25.3. The first-order valence-corrected chi connectivity index (χ1v) is 17.4. The third-order valence-corrected chi connectivity index (χ3v) is 10.7. The summed E-state index contributed by atoms with van der Waals surface area (Å²) in [5.41, 5.74) is 0.819. The summed E-state index contributed by atoms with van der Waals surface area (Å²) in [6.45, 7) is 0. The molecule has 14 heteroatoms. The predicted octanol–water partition coefficient (Wildman–Crippen LogP) is 6.90. The van der Waals surface area contributed by atoms with Gasteiger partial charge in [-0.3, -0.25) is 19.2 Å². The lowest BCUT2D eigenvalue weighted by atomic mass is 9.86. The zero-order valence-corrected chi connectivity index (χ0v) is 27.7. The van der Waals surface area contributed by atoms with Crippen LogP contribution >= 0.6 is 22.7 Å². The molecule has 0 atom stereocenters. The number of para-hydroxylation sites is 2. The Balaban J connectivity index is 1.02. The summed E-state index contributed by atoms with van der Waals surface area (Å²) in [5.74, 6) is -2.80. The summed E-state index contributed by atoms with van der Waals surface area (Å²) < 4.78 is 10.9. The van der Waals surface area contributed by atoms with Gasteiger partial charge < -0.3 is 8.83 Å². The van der Waals surface area contributed by atoms with Crippen molar-refractivity contribution in [3.63, 3.8) is 0 Å². The number of anilines is 2. The first kappa shape index (κ1) is 30.0. The van der Waals surface area contributed by atoms with Gasteiger partial charge in [-0.15, -0.1) is 22.7 Å². The molecule has 0 aliphatic carbocycles. The van der Waals surface area contributed by atoms with Gasteiger partial charge in [0.1, 0.15) is 11.2 Å². The van der Waals surface area contributed by atoms with E-state index >= 15 is 0 Å². The van der Waals surface area contributed by atoms with Crippen LogP contribution in [0.5, 0.6) is 0 Å². The van der Waals surface area contributed by atoms with Crippen LogP contribution in [0.4, 0.5) is 10.3 Å². The first-order valence-electron chi connectivity index (χ1n) is 15.6. The Bertz CT molecular complexity index is 2810. The van der Waals surface area contributed by atoms with E-state index in [2.05, 4.69) is 9.97 Å². The number of hydrogen-bond acceptors (Lipinski definition) is 12. The van der Waals surface area contributed by atoms with Gasteiger partial charge in [0.25, 0.3) is 23.6 Å². The van der Waals surface area contributed by atoms with Crippen molar-refractivity contribution in [3.8, 4) is 22.5 Å². The van der Waals surface area contributed by atoms with Gasteiger partial charge >= 0.3 is 11.3 Å². The molecule has 2 aliphatic rings. The quantitative estimate of drug-likeness (QED) is 0.138. The lowest BCUT2D eigenvalue weighted by molar-refractivity contribution is 0.0873. The zero-order chi connectivity index (χ0) is 35.4. The number of carbonyl (C=O) groups excluding carboxylic acids is 4. The Kier molecular flexibility index (Phi) is 6.22. The summed E-state index contributed by atoms with van der Waals surface area (Å²) in [5, 5.41) is 4.93. The van der Waals surface area contributed by atoms with Gasteiger partial charge in [-0.05, 0) is 48.5 Å². The number of hydrogen-bond donors (Lipinski definition) is 0. The number of nitrogens with zero attached hydrogens (tertiary/aromatic N) is 4. The molecule has 0 spiro atoms. The highest BCUT2D eigenvalue weighted by Crippen LogP contribution is 2.42. The monoisotopic (exact) mass is 720 g/mol. The van der Waals surface area contributed by atoms with Gasteiger partial charge in [-0.1, -0.05) is 36.4 Å². The molecule has 0 saturated carbocycles. The summed E-state index contributed by atoms with van der Waals surface area (Å²) >= 11 is 2.01. The van der Waals surface area contributed by atoms with Gasteiger partial charge in [0.15, 0.2) is 10.3 Å². The van der Waals surface area contributed by atoms with E-state index in [4.69, 9.17) is 8.83 Å². The Morgan fingerprint density at radius 3 is 1.21 bits per heavy atom. The van der Waals surface area contributed by atoms with E-state index in [9.17, 15) is 28.8 Å². The Morgan fingerprint density at radius 2 is 0.827 bits per heavy atom. The lowest BCUT2D eigenvalue weighted by Gasteiger charge is -2.30. The smallest absolute Gasteiger partial charge is 0.345 e. The van der Waals surface area contributed by atoms with Crippen LogP contribution in [0.1, 0.15) is 41.4 Å². The molecule has 0 unspecified atom stereocenters. The number of fused-ring (bicyclic) bond motifs is 2. The molecule has 10 rings (SSSR count). The molecule has 2 aliphatic heterocycles. The number of amides is 4. The van der Waals surface area contributed by atoms with E-state index < -0.39 is 34.9 Å². The molecule has 52 heavy (non-hydrogen) atoms. The average Bonchev–Trinajstić information content (AvgIpc) is 3.83. The molecule has 0 bridgehead atoms. The molecule has 0 saturated heterocycles.